The molecule has 0 spiro atoms. The molecule has 2 aromatic heterocycles. The van der Waals surface area contributed by atoms with Crippen LogP contribution in [0.3, 0.4) is 0 Å². The number of carbonyl (C=O) groups excluding carboxylic acids is 1. The molecule has 0 aliphatic carbocycles. The first kappa shape index (κ1) is 27.4. The molecule has 2 aliphatic rings. The van der Waals surface area contributed by atoms with E-state index < -0.39 is 8.32 Å². The molecular formula is C35H35N5O2Si. The normalized spacial score (nSPS) is 16.4. The zero-order chi connectivity index (χ0) is 29.6. The van der Waals surface area contributed by atoms with Gasteiger partial charge in [0, 0.05) is 12.0 Å². The van der Waals surface area contributed by atoms with Gasteiger partial charge in [-0.1, -0.05) is 106 Å². The molecule has 0 bridgehead atoms. The third-order valence-corrected chi connectivity index (χ3v) is 13.8. The molecular weight excluding hydrogens is 551 g/mol. The topological polar surface area (TPSA) is 73.1 Å². The van der Waals surface area contributed by atoms with Crippen LogP contribution in [0.1, 0.15) is 55.0 Å². The molecule has 7 nitrogen and oxygen atoms in total. The van der Waals surface area contributed by atoms with Gasteiger partial charge >= 0.3 is 0 Å². The summed E-state index contributed by atoms with van der Waals surface area (Å²) >= 11 is 0. The summed E-state index contributed by atoms with van der Waals surface area (Å²) < 4.78 is 9.52. The fraction of sp³-hybridized carbons (Fsp3) is 0.257. The van der Waals surface area contributed by atoms with Gasteiger partial charge < -0.3 is 8.99 Å². The van der Waals surface area contributed by atoms with E-state index in [9.17, 15) is 4.79 Å². The lowest BCUT2D eigenvalue weighted by Gasteiger charge is -2.43. The lowest BCUT2D eigenvalue weighted by molar-refractivity contribution is 0.0996. The Labute approximate surface area is 253 Å². The summed E-state index contributed by atoms with van der Waals surface area (Å²) in [4.78, 5) is 19.8. The first-order chi connectivity index (χ1) is 20.9. The van der Waals surface area contributed by atoms with Gasteiger partial charge in [-0.2, -0.15) is 0 Å². The molecule has 7 rings (SSSR count). The van der Waals surface area contributed by atoms with Crippen LogP contribution in [0.2, 0.25) is 5.04 Å². The summed E-state index contributed by atoms with van der Waals surface area (Å²) in [7, 11) is -2.69. The molecule has 0 N–H and O–H groups in total. The van der Waals surface area contributed by atoms with Crippen LogP contribution in [-0.2, 0) is 17.4 Å². The number of aryl methyl sites for hydroxylation is 1. The zero-order valence-electron chi connectivity index (χ0n) is 24.8. The highest BCUT2D eigenvalue weighted by molar-refractivity contribution is 6.99. The predicted octanol–water partition coefficient (Wildman–Crippen LogP) is 5.56. The van der Waals surface area contributed by atoms with Gasteiger partial charge in [0.05, 0.1) is 19.2 Å². The van der Waals surface area contributed by atoms with E-state index in [-0.39, 0.29) is 17.0 Å². The average Bonchev–Trinajstić information content (AvgIpc) is 3.73. The molecule has 3 aromatic carbocycles. The molecule has 4 heterocycles. The second-order valence-corrected chi connectivity index (χ2v) is 16.7. The van der Waals surface area contributed by atoms with Crippen molar-refractivity contribution in [2.24, 2.45) is 0 Å². The Morgan fingerprint density at radius 2 is 1.51 bits per heavy atom. The fourth-order valence-electron chi connectivity index (χ4n) is 6.76. The molecule has 0 unspecified atom stereocenters. The SMILES string of the molecule is CC(C)(C)[Si](OC[C@H]1CCc2nnc(-c3cccc(N4Cc5ccccc5C4=O)n3)n21)(c1ccccc1)c1ccccc1. The van der Waals surface area contributed by atoms with Gasteiger partial charge in [0.25, 0.3) is 14.2 Å². The number of rotatable bonds is 7. The van der Waals surface area contributed by atoms with Crippen molar-refractivity contribution in [1.82, 2.24) is 19.7 Å². The first-order valence-electron chi connectivity index (χ1n) is 14.9. The summed E-state index contributed by atoms with van der Waals surface area (Å²) in [6.45, 7) is 7.97. The van der Waals surface area contributed by atoms with E-state index in [0.29, 0.717) is 24.7 Å². The van der Waals surface area contributed by atoms with E-state index in [4.69, 9.17) is 9.41 Å². The highest BCUT2D eigenvalue weighted by Gasteiger charge is 2.50. The Morgan fingerprint density at radius 1 is 0.837 bits per heavy atom. The van der Waals surface area contributed by atoms with Crippen LogP contribution < -0.4 is 15.3 Å². The van der Waals surface area contributed by atoms with Gasteiger partial charge in [0.2, 0.25) is 0 Å². The van der Waals surface area contributed by atoms with Crippen molar-refractivity contribution in [2.75, 3.05) is 11.5 Å². The molecule has 1 amide bonds. The quantitative estimate of drug-likeness (QED) is 0.234. The molecule has 8 heteroatoms. The molecule has 5 aromatic rings. The van der Waals surface area contributed by atoms with E-state index in [1.165, 1.54) is 10.4 Å². The summed E-state index contributed by atoms with van der Waals surface area (Å²) in [5.41, 5.74) is 2.46. The van der Waals surface area contributed by atoms with Gasteiger partial charge in [-0.3, -0.25) is 9.69 Å². The largest absolute Gasteiger partial charge is 0.405 e. The van der Waals surface area contributed by atoms with Crippen LogP contribution in [0.5, 0.6) is 0 Å². The van der Waals surface area contributed by atoms with E-state index in [2.05, 4.69) is 96.2 Å². The van der Waals surface area contributed by atoms with Crippen molar-refractivity contribution in [3.8, 4) is 11.5 Å². The third kappa shape index (κ3) is 4.62. The Hall–Kier alpha value is -4.40. The molecule has 0 radical (unpaired) electrons. The Morgan fingerprint density at radius 3 is 2.19 bits per heavy atom. The van der Waals surface area contributed by atoms with E-state index >= 15 is 0 Å². The lowest BCUT2D eigenvalue weighted by Crippen LogP contribution is -2.66. The van der Waals surface area contributed by atoms with Crippen LogP contribution in [0.25, 0.3) is 11.5 Å². The second kappa shape index (κ2) is 10.7. The number of carbonyl (C=O) groups is 1. The van der Waals surface area contributed by atoms with Crippen molar-refractivity contribution in [2.45, 2.75) is 51.2 Å². The van der Waals surface area contributed by atoms with Gasteiger partial charge in [0.1, 0.15) is 17.3 Å². The number of hydrogen-bond acceptors (Lipinski definition) is 5. The van der Waals surface area contributed by atoms with E-state index in [1.807, 2.05) is 42.5 Å². The maximum Gasteiger partial charge on any atom is 0.261 e. The average molecular weight is 586 g/mol. The summed E-state index contributed by atoms with van der Waals surface area (Å²) in [5, 5.41) is 11.6. The summed E-state index contributed by atoms with van der Waals surface area (Å²) in [6, 6.07) is 35.1. The second-order valence-electron chi connectivity index (χ2n) is 12.4. The van der Waals surface area contributed by atoms with Gasteiger partial charge in [0.15, 0.2) is 5.82 Å². The predicted molar refractivity (Wildman–Crippen MR) is 171 cm³/mol. The minimum atomic E-state index is -2.69. The van der Waals surface area contributed by atoms with Crippen LogP contribution in [-0.4, -0.2) is 40.6 Å². The summed E-state index contributed by atoms with van der Waals surface area (Å²) in [6.07, 6.45) is 1.76. The molecule has 1 atom stereocenters. The van der Waals surface area contributed by atoms with Gasteiger partial charge in [-0.15, -0.1) is 10.2 Å². The minimum Gasteiger partial charge on any atom is -0.405 e. The number of amides is 1. The van der Waals surface area contributed by atoms with Crippen molar-refractivity contribution >= 4 is 30.4 Å². The Balaban J connectivity index is 1.22. The number of anilines is 1. The Kier molecular flexibility index (Phi) is 6.83. The molecule has 0 saturated heterocycles. The number of fused-ring (bicyclic) bond motifs is 2. The van der Waals surface area contributed by atoms with E-state index in [1.54, 1.807) is 4.90 Å². The highest BCUT2D eigenvalue weighted by atomic mass is 28.4. The molecule has 216 valence electrons. The fourth-order valence-corrected chi connectivity index (χ4v) is 11.4. The van der Waals surface area contributed by atoms with Gasteiger partial charge in [-0.25, -0.2) is 4.98 Å². The standard InChI is InChI=1S/C35H35N5O2Si/c1-35(2,3)43(27-14-6-4-7-15-27,28-16-8-5-9-17-28)42-24-26-21-22-32-37-38-33(40(26)32)30-19-12-20-31(36-30)39-23-25-13-10-11-18-29(25)34(39)41/h4-20,26H,21-24H2,1-3H3/t26-/m1/s1. The van der Waals surface area contributed by atoms with Crippen LogP contribution in [0.15, 0.2) is 103 Å². The minimum absolute atomic E-state index is 0.0247. The Bertz CT molecular complexity index is 1740. The lowest BCUT2D eigenvalue weighted by atomic mass is 10.1. The molecule has 0 saturated carbocycles. The highest BCUT2D eigenvalue weighted by Crippen LogP contribution is 2.39. The smallest absolute Gasteiger partial charge is 0.261 e. The maximum absolute atomic E-state index is 13.2. The van der Waals surface area contributed by atoms with Crippen molar-refractivity contribution in [3.63, 3.8) is 0 Å². The van der Waals surface area contributed by atoms with Crippen molar-refractivity contribution in [3.05, 3.63) is 120 Å². The monoisotopic (exact) mass is 585 g/mol. The number of aromatic nitrogens is 4. The molecule has 0 fully saturated rings. The number of hydrogen-bond donors (Lipinski definition) is 0. The summed E-state index contributed by atoms with van der Waals surface area (Å²) in [5.74, 6) is 2.26. The third-order valence-electron chi connectivity index (χ3n) is 8.80. The van der Waals surface area contributed by atoms with E-state index in [0.717, 1.165) is 35.6 Å². The number of pyridine rings is 1. The number of nitrogens with zero attached hydrogens (tertiary/aromatic N) is 5. The van der Waals surface area contributed by atoms with Crippen molar-refractivity contribution < 1.29 is 9.22 Å². The van der Waals surface area contributed by atoms with Crippen LogP contribution >= 0.6 is 0 Å². The molecule has 2 aliphatic heterocycles. The van der Waals surface area contributed by atoms with Crippen LogP contribution in [0, 0.1) is 0 Å². The molecule has 43 heavy (non-hydrogen) atoms. The first-order valence-corrected chi connectivity index (χ1v) is 16.8. The van der Waals surface area contributed by atoms with Crippen LogP contribution in [0.4, 0.5) is 5.82 Å². The van der Waals surface area contributed by atoms with Gasteiger partial charge in [-0.05, 0) is 45.6 Å². The zero-order valence-corrected chi connectivity index (χ0v) is 25.8. The van der Waals surface area contributed by atoms with Crippen molar-refractivity contribution in [1.29, 1.82) is 0 Å². The number of benzene rings is 3. The maximum atomic E-state index is 13.2.